The van der Waals surface area contributed by atoms with Gasteiger partial charge >= 0.3 is 23.9 Å². The van der Waals surface area contributed by atoms with Gasteiger partial charge in [-0.25, -0.2) is 8.42 Å². The Bertz CT molecular complexity index is 821. The van der Waals surface area contributed by atoms with Crippen molar-refractivity contribution >= 4 is 33.9 Å². The van der Waals surface area contributed by atoms with Crippen LogP contribution in [0.4, 0.5) is 0 Å². The van der Waals surface area contributed by atoms with Gasteiger partial charge in [0, 0.05) is 40.8 Å². The van der Waals surface area contributed by atoms with Crippen LogP contribution in [0, 0.1) is 0 Å². The van der Waals surface area contributed by atoms with E-state index in [-0.39, 0.29) is 13.1 Å². The lowest BCUT2D eigenvalue weighted by Gasteiger charge is -2.45. The van der Waals surface area contributed by atoms with Crippen LogP contribution in [-0.4, -0.2) is 86.1 Å². The monoisotopic (exact) mass is 479 g/mol. The van der Waals surface area contributed by atoms with E-state index in [9.17, 15) is 27.6 Å². The number of nitrogens with zero attached hydrogens (tertiary/aromatic N) is 1. The zero-order valence-electron chi connectivity index (χ0n) is 18.5. The predicted octanol–water partition coefficient (Wildman–Crippen LogP) is -0.115. The number of esters is 4. The minimum Gasteiger partial charge on any atom is -0.463 e. The number of hydrogen-bond donors (Lipinski definition) is 0. The number of rotatable bonds is 7. The molecule has 13 heteroatoms. The van der Waals surface area contributed by atoms with E-state index in [0.717, 1.165) is 34.1 Å². The van der Waals surface area contributed by atoms with Gasteiger partial charge in [-0.3, -0.25) is 19.2 Å². The topological polar surface area (TPSA) is 152 Å². The summed E-state index contributed by atoms with van der Waals surface area (Å²) in [5, 5.41) is 0. The minimum atomic E-state index is -4.21. The number of piperidine rings is 1. The first kappa shape index (κ1) is 26.0. The first-order valence-corrected chi connectivity index (χ1v) is 11.7. The van der Waals surface area contributed by atoms with Crippen LogP contribution < -0.4 is 0 Å². The van der Waals surface area contributed by atoms with Crippen LogP contribution in [0.2, 0.25) is 0 Å². The summed E-state index contributed by atoms with van der Waals surface area (Å²) < 4.78 is 54.5. The fourth-order valence-electron chi connectivity index (χ4n) is 3.69. The smallest absolute Gasteiger partial charge is 0.303 e. The van der Waals surface area contributed by atoms with Crippen molar-refractivity contribution in [1.29, 1.82) is 0 Å². The van der Waals surface area contributed by atoms with Crippen molar-refractivity contribution in [2.75, 3.05) is 19.7 Å². The summed E-state index contributed by atoms with van der Waals surface area (Å²) in [4.78, 5) is 46.7. The maximum atomic E-state index is 13.4. The van der Waals surface area contributed by atoms with E-state index in [4.69, 9.17) is 23.7 Å². The molecule has 0 spiro atoms. The zero-order chi connectivity index (χ0) is 24.1. The van der Waals surface area contributed by atoms with E-state index in [0.29, 0.717) is 12.8 Å². The largest absolute Gasteiger partial charge is 0.463 e. The third kappa shape index (κ3) is 6.62. The summed E-state index contributed by atoms with van der Waals surface area (Å²) in [5.41, 5.74) is -1.78. The highest BCUT2D eigenvalue weighted by Gasteiger charge is 2.57. The van der Waals surface area contributed by atoms with Gasteiger partial charge in [0.2, 0.25) is 15.5 Å². The van der Waals surface area contributed by atoms with Crippen LogP contribution >= 0.6 is 0 Å². The zero-order valence-corrected chi connectivity index (χ0v) is 19.3. The summed E-state index contributed by atoms with van der Waals surface area (Å²) in [6.45, 7) is 4.36. The summed E-state index contributed by atoms with van der Waals surface area (Å²) in [7, 11) is -4.21. The van der Waals surface area contributed by atoms with Crippen LogP contribution in [0.15, 0.2) is 0 Å². The second-order valence-corrected chi connectivity index (χ2v) is 9.58. The van der Waals surface area contributed by atoms with Crippen molar-refractivity contribution < 1.29 is 51.3 Å². The van der Waals surface area contributed by atoms with Crippen LogP contribution in [0.25, 0.3) is 0 Å². The molecule has 0 amide bonds. The Labute approximate surface area is 186 Å². The van der Waals surface area contributed by atoms with Crippen molar-refractivity contribution in [2.24, 2.45) is 0 Å². The van der Waals surface area contributed by atoms with E-state index in [1.807, 2.05) is 0 Å². The highest BCUT2D eigenvalue weighted by molar-refractivity contribution is 7.89. The number of ether oxygens (including phenoxy) is 5. The molecule has 0 aliphatic carbocycles. The van der Waals surface area contributed by atoms with Gasteiger partial charge in [0.05, 0.1) is 0 Å². The standard InChI is InChI=1S/C19H29NO11S/c1-11(21)27-10-15-16(28-12(2)22)17(29-13(3)23)18(30-14(4)24)19(31-15)32(25,26)20-8-6-5-7-9-20/h15-19H,5-10H2,1-4H3/t15-,16-,17+,18-,19+/m1/s1. The van der Waals surface area contributed by atoms with Gasteiger partial charge in [-0.05, 0) is 12.8 Å². The summed E-state index contributed by atoms with van der Waals surface area (Å²) >= 11 is 0. The summed E-state index contributed by atoms with van der Waals surface area (Å²) in [6.07, 6.45) is -3.68. The van der Waals surface area contributed by atoms with Gasteiger partial charge < -0.3 is 23.7 Å². The molecule has 0 aromatic rings. The van der Waals surface area contributed by atoms with Crippen molar-refractivity contribution in [3.8, 4) is 0 Å². The minimum absolute atomic E-state index is 0.245. The van der Waals surface area contributed by atoms with Gasteiger partial charge in [-0.15, -0.1) is 0 Å². The Kier molecular flexibility index (Phi) is 8.98. The molecule has 2 rings (SSSR count). The summed E-state index contributed by atoms with van der Waals surface area (Å²) in [6, 6.07) is 0. The summed E-state index contributed by atoms with van der Waals surface area (Å²) in [5.74, 6) is -3.15. The average Bonchev–Trinajstić information content (AvgIpc) is 2.69. The first-order chi connectivity index (χ1) is 14.9. The molecule has 32 heavy (non-hydrogen) atoms. The SMILES string of the molecule is CC(=O)OC[C@H]1O[C@@H](S(=O)(=O)N2CCCCC2)[C@H](OC(C)=O)[C@@H](OC(C)=O)[C@@H]1OC(C)=O. The van der Waals surface area contributed by atoms with E-state index in [2.05, 4.69) is 0 Å². The molecule has 182 valence electrons. The number of sulfonamides is 1. The van der Waals surface area contributed by atoms with Crippen LogP contribution in [0.1, 0.15) is 47.0 Å². The normalized spacial score (nSPS) is 28.9. The average molecular weight is 480 g/mol. The van der Waals surface area contributed by atoms with Gasteiger partial charge in [-0.2, -0.15) is 4.31 Å². The van der Waals surface area contributed by atoms with E-state index in [1.54, 1.807) is 0 Å². The molecule has 2 aliphatic heterocycles. The van der Waals surface area contributed by atoms with Gasteiger partial charge in [0.25, 0.3) is 0 Å². The molecule has 0 radical (unpaired) electrons. The maximum absolute atomic E-state index is 13.4. The lowest BCUT2D eigenvalue weighted by molar-refractivity contribution is -0.239. The molecule has 0 N–H and O–H groups in total. The quantitative estimate of drug-likeness (QED) is 0.355. The molecule has 2 fully saturated rings. The lowest BCUT2D eigenvalue weighted by atomic mass is 9.99. The molecule has 5 atom stereocenters. The first-order valence-electron chi connectivity index (χ1n) is 10.2. The van der Waals surface area contributed by atoms with Gasteiger partial charge in [0.15, 0.2) is 18.3 Å². The molecule has 0 aromatic carbocycles. The van der Waals surface area contributed by atoms with E-state index in [1.165, 1.54) is 4.31 Å². The van der Waals surface area contributed by atoms with Gasteiger partial charge in [0.1, 0.15) is 12.7 Å². The van der Waals surface area contributed by atoms with Crippen molar-refractivity contribution in [3.63, 3.8) is 0 Å². The molecular formula is C19H29NO11S. The number of hydrogen-bond acceptors (Lipinski definition) is 11. The Morgan fingerprint density at radius 2 is 1.28 bits per heavy atom. The van der Waals surface area contributed by atoms with E-state index < -0.39 is 70.4 Å². The Hall–Kier alpha value is -2.25. The third-order valence-corrected chi connectivity index (χ3v) is 6.97. The Balaban J connectivity index is 2.53. The van der Waals surface area contributed by atoms with Crippen LogP contribution in [0.5, 0.6) is 0 Å². The Morgan fingerprint density at radius 1 is 0.781 bits per heavy atom. The molecule has 0 saturated carbocycles. The fraction of sp³-hybridized carbons (Fsp3) is 0.789. The molecule has 12 nitrogen and oxygen atoms in total. The number of carbonyl (C=O) groups is 4. The molecule has 2 aliphatic rings. The number of carbonyl (C=O) groups excluding carboxylic acids is 4. The van der Waals surface area contributed by atoms with Crippen molar-refractivity contribution in [2.45, 2.75) is 76.8 Å². The highest BCUT2D eigenvalue weighted by Crippen LogP contribution is 2.33. The molecule has 0 unspecified atom stereocenters. The Morgan fingerprint density at radius 3 is 1.78 bits per heavy atom. The lowest BCUT2D eigenvalue weighted by Crippen LogP contribution is -2.65. The maximum Gasteiger partial charge on any atom is 0.303 e. The predicted molar refractivity (Wildman–Crippen MR) is 106 cm³/mol. The highest BCUT2D eigenvalue weighted by atomic mass is 32.2. The van der Waals surface area contributed by atoms with Gasteiger partial charge in [-0.1, -0.05) is 6.42 Å². The molecule has 2 saturated heterocycles. The second-order valence-electron chi connectivity index (χ2n) is 7.57. The van der Waals surface area contributed by atoms with Crippen LogP contribution in [0.3, 0.4) is 0 Å². The molecular weight excluding hydrogens is 450 g/mol. The molecule has 0 bridgehead atoms. The van der Waals surface area contributed by atoms with Crippen molar-refractivity contribution in [3.05, 3.63) is 0 Å². The van der Waals surface area contributed by atoms with Crippen LogP contribution in [-0.2, 0) is 52.9 Å². The van der Waals surface area contributed by atoms with E-state index >= 15 is 0 Å². The fourth-order valence-corrected chi connectivity index (χ4v) is 5.59. The third-order valence-electron chi connectivity index (χ3n) is 4.92. The molecule has 0 aromatic heterocycles. The van der Waals surface area contributed by atoms with Crippen molar-refractivity contribution in [1.82, 2.24) is 4.31 Å². The molecule has 2 heterocycles. The second kappa shape index (κ2) is 11.1.